The van der Waals surface area contributed by atoms with Crippen molar-refractivity contribution in [1.82, 2.24) is 4.31 Å². The van der Waals surface area contributed by atoms with Crippen LogP contribution in [0.4, 0.5) is 0 Å². The van der Waals surface area contributed by atoms with Crippen LogP contribution < -0.4 is 0 Å². The molecule has 1 aliphatic heterocycles. The Morgan fingerprint density at radius 3 is 2.61 bits per heavy atom. The van der Waals surface area contributed by atoms with Gasteiger partial charge in [-0.1, -0.05) is 6.07 Å². The summed E-state index contributed by atoms with van der Waals surface area (Å²) in [6, 6.07) is 9.71. The topological polar surface area (TPSA) is 63.7 Å². The van der Waals surface area contributed by atoms with Crippen LogP contribution >= 0.6 is 11.3 Å². The lowest BCUT2D eigenvalue weighted by molar-refractivity contribution is 0.0600. The van der Waals surface area contributed by atoms with Crippen molar-refractivity contribution < 1.29 is 17.9 Å². The highest BCUT2D eigenvalue weighted by atomic mass is 32.2. The molecule has 1 aromatic heterocycles. The number of ether oxygens (including phenoxy) is 1. The summed E-state index contributed by atoms with van der Waals surface area (Å²) in [6.07, 6.45) is 1.68. The Labute approximate surface area is 139 Å². The average Bonchev–Trinajstić information content (AvgIpc) is 3.24. The van der Waals surface area contributed by atoms with Crippen LogP contribution in [0.3, 0.4) is 0 Å². The number of hydrogen-bond acceptors (Lipinski definition) is 5. The highest BCUT2D eigenvalue weighted by Crippen LogP contribution is 2.38. The molecule has 0 unspecified atom stereocenters. The lowest BCUT2D eigenvalue weighted by atomic mass is 10.2. The number of thiophene rings is 1. The molecule has 5 nitrogen and oxygen atoms in total. The molecule has 7 heteroatoms. The predicted octanol–water partition coefficient (Wildman–Crippen LogP) is 3.06. The van der Waals surface area contributed by atoms with E-state index in [0.717, 1.165) is 17.7 Å². The van der Waals surface area contributed by atoms with Gasteiger partial charge in [-0.2, -0.15) is 4.31 Å². The number of sulfonamides is 1. The molecule has 0 N–H and O–H groups in total. The molecule has 2 aromatic rings. The van der Waals surface area contributed by atoms with E-state index in [2.05, 4.69) is 4.74 Å². The number of methoxy groups -OCH3 is 1. The fraction of sp³-hybridized carbons (Fsp3) is 0.312. The van der Waals surface area contributed by atoms with Crippen molar-refractivity contribution in [2.45, 2.75) is 23.8 Å². The molecular formula is C16H17NO4S2. The van der Waals surface area contributed by atoms with Gasteiger partial charge in [0.05, 0.1) is 23.6 Å². The standard InChI is InChI=1S/C16H17NO4S2/c1-21-16(18)12-6-8-13(9-7-12)23(19,20)17-10-2-4-14(17)15-5-3-11-22-15/h3,5-9,11,14H,2,4,10H2,1H3/t14-/m0/s1. The number of carbonyl (C=O) groups excluding carboxylic acids is 1. The molecule has 0 bridgehead atoms. The molecule has 2 heterocycles. The zero-order chi connectivity index (χ0) is 16.4. The van der Waals surface area contributed by atoms with E-state index < -0.39 is 16.0 Å². The predicted molar refractivity (Wildman–Crippen MR) is 88.0 cm³/mol. The summed E-state index contributed by atoms with van der Waals surface area (Å²) in [5.74, 6) is -0.480. The van der Waals surface area contributed by atoms with Crippen molar-refractivity contribution in [3.63, 3.8) is 0 Å². The third-order valence-electron chi connectivity index (χ3n) is 3.96. The van der Waals surface area contributed by atoms with Gasteiger partial charge in [0, 0.05) is 11.4 Å². The summed E-state index contributed by atoms with van der Waals surface area (Å²) in [6.45, 7) is 0.518. The first-order chi connectivity index (χ1) is 11.0. The van der Waals surface area contributed by atoms with Crippen molar-refractivity contribution in [3.05, 3.63) is 52.2 Å². The van der Waals surface area contributed by atoms with Crippen molar-refractivity contribution in [1.29, 1.82) is 0 Å². The van der Waals surface area contributed by atoms with Crippen LogP contribution in [0.2, 0.25) is 0 Å². The van der Waals surface area contributed by atoms with Gasteiger partial charge in [-0.3, -0.25) is 0 Å². The second kappa shape index (κ2) is 6.43. The van der Waals surface area contributed by atoms with Crippen LogP contribution in [0.25, 0.3) is 0 Å². The Morgan fingerprint density at radius 2 is 2.00 bits per heavy atom. The summed E-state index contributed by atoms with van der Waals surface area (Å²) in [4.78, 5) is 12.7. The van der Waals surface area contributed by atoms with Gasteiger partial charge in [0.2, 0.25) is 10.0 Å². The average molecular weight is 351 g/mol. The van der Waals surface area contributed by atoms with Crippen LogP contribution in [-0.4, -0.2) is 32.3 Å². The van der Waals surface area contributed by atoms with Gasteiger partial charge in [-0.05, 0) is 48.6 Å². The molecule has 1 atom stereocenters. The van der Waals surface area contributed by atoms with Crippen molar-refractivity contribution >= 4 is 27.3 Å². The SMILES string of the molecule is COC(=O)c1ccc(S(=O)(=O)N2CCC[C@H]2c2cccs2)cc1. The fourth-order valence-corrected chi connectivity index (χ4v) is 5.42. The molecule has 0 radical (unpaired) electrons. The van der Waals surface area contributed by atoms with E-state index in [9.17, 15) is 13.2 Å². The van der Waals surface area contributed by atoms with E-state index in [-0.39, 0.29) is 10.9 Å². The molecular weight excluding hydrogens is 334 g/mol. The minimum atomic E-state index is -3.58. The van der Waals surface area contributed by atoms with Gasteiger partial charge in [-0.25, -0.2) is 13.2 Å². The van der Waals surface area contributed by atoms with E-state index >= 15 is 0 Å². The molecule has 122 valence electrons. The summed E-state index contributed by atoms with van der Waals surface area (Å²) in [5, 5.41) is 1.96. The largest absolute Gasteiger partial charge is 0.465 e. The van der Waals surface area contributed by atoms with E-state index in [4.69, 9.17) is 0 Å². The number of esters is 1. The van der Waals surface area contributed by atoms with Gasteiger partial charge in [0.25, 0.3) is 0 Å². The lowest BCUT2D eigenvalue weighted by Gasteiger charge is -2.23. The maximum Gasteiger partial charge on any atom is 0.337 e. The third-order valence-corrected chi connectivity index (χ3v) is 6.85. The second-order valence-electron chi connectivity index (χ2n) is 5.31. The Bertz CT molecular complexity index is 782. The van der Waals surface area contributed by atoms with Crippen LogP contribution in [0.1, 0.15) is 34.1 Å². The van der Waals surface area contributed by atoms with Gasteiger partial charge in [0.1, 0.15) is 0 Å². The van der Waals surface area contributed by atoms with Gasteiger partial charge < -0.3 is 4.74 Å². The molecule has 3 rings (SSSR count). The Hall–Kier alpha value is -1.70. The Kier molecular flexibility index (Phi) is 4.52. The third kappa shape index (κ3) is 3.04. The normalized spacial score (nSPS) is 18.9. The smallest absolute Gasteiger partial charge is 0.337 e. The van der Waals surface area contributed by atoms with Crippen LogP contribution in [0.5, 0.6) is 0 Å². The fourth-order valence-electron chi connectivity index (χ4n) is 2.81. The first-order valence-electron chi connectivity index (χ1n) is 7.27. The summed E-state index contributed by atoms with van der Waals surface area (Å²) < 4.78 is 32.0. The molecule has 23 heavy (non-hydrogen) atoms. The summed E-state index contributed by atoms with van der Waals surface area (Å²) in [5.41, 5.74) is 0.336. The highest BCUT2D eigenvalue weighted by Gasteiger charge is 2.36. The van der Waals surface area contributed by atoms with E-state index in [0.29, 0.717) is 12.1 Å². The van der Waals surface area contributed by atoms with Crippen molar-refractivity contribution in [2.75, 3.05) is 13.7 Å². The summed E-state index contributed by atoms with van der Waals surface area (Å²) in [7, 11) is -2.28. The number of benzene rings is 1. The first-order valence-corrected chi connectivity index (χ1v) is 9.59. The number of rotatable bonds is 4. The molecule has 0 aliphatic carbocycles. The molecule has 1 aromatic carbocycles. The van der Waals surface area contributed by atoms with Crippen LogP contribution in [-0.2, 0) is 14.8 Å². The molecule has 1 fully saturated rings. The zero-order valence-corrected chi connectivity index (χ0v) is 14.3. The quantitative estimate of drug-likeness (QED) is 0.794. The van der Waals surface area contributed by atoms with Crippen LogP contribution in [0.15, 0.2) is 46.7 Å². The highest BCUT2D eigenvalue weighted by molar-refractivity contribution is 7.89. The monoisotopic (exact) mass is 351 g/mol. The van der Waals surface area contributed by atoms with Gasteiger partial charge >= 0.3 is 5.97 Å². The Balaban J connectivity index is 1.90. The van der Waals surface area contributed by atoms with Gasteiger partial charge in [-0.15, -0.1) is 11.3 Å². The maximum atomic E-state index is 12.9. The summed E-state index contributed by atoms with van der Waals surface area (Å²) >= 11 is 1.58. The molecule has 0 spiro atoms. The maximum absolute atomic E-state index is 12.9. The minimum Gasteiger partial charge on any atom is -0.465 e. The first kappa shape index (κ1) is 16.2. The van der Waals surface area contributed by atoms with E-state index in [1.165, 1.54) is 31.4 Å². The number of hydrogen-bond donors (Lipinski definition) is 0. The van der Waals surface area contributed by atoms with Crippen LogP contribution in [0, 0.1) is 0 Å². The van der Waals surface area contributed by atoms with E-state index in [1.54, 1.807) is 15.6 Å². The molecule has 0 saturated carbocycles. The Morgan fingerprint density at radius 1 is 1.26 bits per heavy atom. The van der Waals surface area contributed by atoms with Gasteiger partial charge in [0.15, 0.2) is 0 Å². The number of carbonyl (C=O) groups is 1. The second-order valence-corrected chi connectivity index (χ2v) is 8.17. The lowest BCUT2D eigenvalue weighted by Crippen LogP contribution is -2.30. The van der Waals surface area contributed by atoms with Crippen molar-refractivity contribution in [2.24, 2.45) is 0 Å². The molecule has 1 saturated heterocycles. The zero-order valence-electron chi connectivity index (χ0n) is 12.6. The molecule has 1 aliphatic rings. The van der Waals surface area contributed by atoms with Crippen molar-refractivity contribution in [3.8, 4) is 0 Å². The minimum absolute atomic E-state index is 0.0970. The van der Waals surface area contributed by atoms with E-state index in [1.807, 2.05) is 17.5 Å². The molecule has 0 amide bonds. The number of nitrogens with zero attached hydrogens (tertiary/aromatic N) is 1.